The number of carbonyl (C=O) groups excluding carboxylic acids is 3. The smallest absolute Gasteiger partial charge is 0.480 e. The van der Waals surface area contributed by atoms with Crippen LogP contribution in [0.2, 0.25) is 0 Å². The van der Waals surface area contributed by atoms with Gasteiger partial charge in [-0.25, -0.2) is 0 Å². The third-order valence-electron chi connectivity index (χ3n) is 4.14. The number of amides is 3. The van der Waals surface area contributed by atoms with Gasteiger partial charge in [0.25, 0.3) is 0 Å². The third-order valence-corrected chi connectivity index (χ3v) is 7.50. The minimum absolute atomic E-state index is 0.0253. The molecule has 0 fully saturated rings. The first-order chi connectivity index (χ1) is 15.8. The average molecular weight is 566 g/mol. The molecule has 0 unspecified atom stereocenters. The minimum Gasteiger partial charge on any atom is -0.480 e. The van der Waals surface area contributed by atoms with Gasteiger partial charge in [-0.2, -0.15) is 0 Å². The molecule has 0 saturated carbocycles. The van der Waals surface area contributed by atoms with Crippen LogP contribution in [0.25, 0.3) is 0 Å². The summed E-state index contributed by atoms with van der Waals surface area (Å²) < 4.78 is 27.8. The number of aliphatic carboxylic acids is 2. The van der Waals surface area contributed by atoms with E-state index in [2.05, 4.69) is 16.0 Å². The molecule has 0 aliphatic rings. The molecule has 0 spiro atoms. The number of hydrogen-bond donors (Lipinski definition) is 9. The SMILES string of the molecule is N[C@@H](CCC(=O)N[C@@H](CSCC(=O)Nc1ccc([AsH](O)(O)O)cc1)C(=O)NCC(=O)O)C(=O)O. The van der Waals surface area contributed by atoms with E-state index in [1.165, 1.54) is 24.3 Å². The molecular formula is C18H27AsN4O10S. The van der Waals surface area contributed by atoms with Crippen molar-refractivity contribution < 1.29 is 46.5 Å². The Morgan fingerprint density at radius 2 is 1.62 bits per heavy atom. The summed E-state index contributed by atoms with van der Waals surface area (Å²) in [5.74, 6) is -4.77. The fourth-order valence-electron chi connectivity index (χ4n) is 2.39. The Labute approximate surface area is 201 Å². The van der Waals surface area contributed by atoms with Gasteiger partial charge >= 0.3 is 146 Å². The van der Waals surface area contributed by atoms with Crippen LogP contribution < -0.4 is 26.0 Å². The topological polar surface area (TPSA) is 249 Å². The van der Waals surface area contributed by atoms with Crippen molar-refractivity contribution in [2.45, 2.75) is 24.9 Å². The quantitative estimate of drug-likeness (QED) is 0.0981. The second-order valence-electron chi connectivity index (χ2n) is 6.99. The van der Waals surface area contributed by atoms with Crippen molar-refractivity contribution in [1.29, 1.82) is 0 Å². The molecule has 1 aromatic rings. The Hall–Kier alpha value is -2.68. The number of carboxylic acids is 2. The van der Waals surface area contributed by atoms with Crippen LogP contribution in [0.3, 0.4) is 0 Å². The van der Waals surface area contributed by atoms with Gasteiger partial charge in [0.15, 0.2) is 0 Å². The molecule has 10 N–H and O–H groups in total. The summed E-state index contributed by atoms with van der Waals surface area (Å²) >= 11 is -3.98. The van der Waals surface area contributed by atoms with E-state index < -0.39 is 62.9 Å². The molecule has 1 aromatic carbocycles. The molecule has 0 aliphatic heterocycles. The number of thioether (sulfide) groups is 1. The first-order valence-corrected chi connectivity index (χ1v) is 14.7. The van der Waals surface area contributed by atoms with Gasteiger partial charge in [-0.1, -0.05) is 0 Å². The van der Waals surface area contributed by atoms with Crippen molar-refractivity contribution in [3.63, 3.8) is 0 Å². The standard InChI is InChI=1S/C18H27AsN4O10S/c20-12(18(29)30)5-6-14(24)23-13(17(28)21-7-16(26)27)8-34-9-15(25)22-11-3-1-10(2-4-11)19(31,32)33/h1-4,12-13,19,31-33H,5-9,20H2,(H,21,28)(H,22,25)(H,23,24)(H,26,27)(H,29,30)/t12-,13-/m0/s1. The van der Waals surface area contributed by atoms with E-state index in [4.69, 9.17) is 15.9 Å². The Bertz CT molecular complexity index is 894. The zero-order chi connectivity index (χ0) is 25.9. The number of rotatable bonds is 14. The van der Waals surface area contributed by atoms with Crippen LogP contribution >= 0.6 is 11.8 Å². The van der Waals surface area contributed by atoms with Crippen molar-refractivity contribution in [2.75, 3.05) is 23.4 Å². The van der Waals surface area contributed by atoms with Gasteiger partial charge in [0, 0.05) is 6.42 Å². The molecule has 190 valence electrons. The number of carboxylic acid groups (broad SMARTS) is 2. The first-order valence-electron chi connectivity index (χ1n) is 9.72. The molecule has 0 saturated heterocycles. The summed E-state index contributed by atoms with van der Waals surface area (Å²) in [6.07, 6.45) is -0.454. The number of carbonyl (C=O) groups is 5. The van der Waals surface area contributed by atoms with E-state index in [1.54, 1.807) is 0 Å². The Kier molecular flexibility index (Phi) is 12.0. The zero-order valence-electron chi connectivity index (χ0n) is 17.8. The molecule has 16 heteroatoms. The molecule has 0 aliphatic carbocycles. The van der Waals surface area contributed by atoms with Crippen LogP contribution in [-0.2, 0) is 24.0 Å². The first kappa shape index (κ1) is 29.4. The second-order valence-corrected chi connectivity index (χ2v) is 11.9. The van der Waals surface area contributed by atoms with Crippen LogP contribution in [0.4, 0.5) is 5.69 Å². The van der Waals surface area contributed by atoms with Gasteiger partial charge in [0.2, 0.25) is 0 Å². The monoisotopic (exact) mass is 566 g/mol. The van der Waals surface area contributed by atoms with Gasteiger partial charge in [-0.3, -0.25) is 14.4 Å². The molecule has 14 nitrogen and oxygen atoms in total. The fourth-order valence-corrected chi connectivity index (χ4v) is 4.52. The summed E-state index contributed by atoms with van der Waals surface area (Å²) in [5, 5.41) is 24.5. The summed E-state index contributed by atoms with van der Waals surface area (Å²) in [5.41, 5.74) is 5.65. The zero-order valence-corrected chi connectivity index (χ0v) is 20.7. The number of nitrogens with one attached hydrogen (secondary N) is 3. The second kappa shape index (κ2) is 13.9. The molecule has 0 heterocycles. The Morgan fingerprint density at radius 3 is 2.15 bits per heavy atom. The van der Waals surface area contributed by atoms with Crippen molar-refractivity contribution >= 4 is 66.0 Å². The van der Waals surface area contributed by atoms with Crippen molar-refractivity contribution in [3.05, 3.63) is 24.3 Å². The summed E-state index contributed by atoms with van der Waals surface area (Å²) in [7, 11) is 0. The van der Waals surface area contributed by atoms with Crippen LogP contribution in [0.1, 0.15) is 12.8 Å². The predicted molar refractivity (Wildman–Crippen MR) is 123 cm³/mol. The van der Waals surface area contributed by atoms with E-state index in [9.17, 15) is 36.3 Å². The normalized spacial score (nSPS) is 13.3. The van der Waals surface area contributed by atoms with Crippen LogP contribution in [-0.4, -0.2) is 96.9 Å². The Balaban J connectivity index is 2.62. The molecule has 3 amide bonds. The molecule has 0 aromatic heterocycles. The van der Waals surface area contributed by atoms with Crippen molar-refractivity contribution in [3.8, 4) is 0 Å². The third kappa shape index (κ3) is 11.4. The Morgan fingerprint density at radius 1 is 1.00 bits per heavy atom. The molecule has 34 heavy (non-hydrogen) atoms. The average Bonchev–Trinajstić information content (AvgIpc) is 2.74. The number of hydrogen-bond acceptors (Lipinski definition) is 10. The molecule has 0 bridgehead atoms. The summed E-state index contributed by atoms with van der Waals surface area (Å²) in [4.78, 5) is 57.8. The summed E-state index contributed by atoms with van der Waals surface area (Å²) in [6, 6.07) is 2.80. The molecule has 0 radical (unpaired) electrons. The maximum absolute atomic E-state index is 12.2. The number of benzene rings is 1. The number of anilines is 1. The van der Waals surface area contributed by atoms with Crippen LogP contribution in [0.5, 0.6) is 0 Å². The number of nitrogens with two attached hydrogens (primary N) is 1. The van der Waals surface area contributed by atoms with Crippen LogP contribution in [0, 0.1) is 0 Å². The van der Waals surface area contributed by atoms with E-state index >= 15 is 0 Å². The van der Waals surface area contributed by atoms with E-state index in [0.717, 1.165) is 11.8 Å². The summed E-state index contributed by atoms with van der Waals surface area (Å²) in [6.45, 7) is -0.684. The van der Waals surface area contributed by atoms with Gasteiger partial charge in [0.1, 0.15) is 12.6 Å². The van der Waals surface area contributed by atoms with Gasteiger partial charge in [-0.15, -0.1) is 0 Å². The minimum atomic E-state index is -4.95. The van der Waals surface area contributed by atoms with Crippen LogP contribution in [0.15, 0.2) is 24.3 Å². The van der Waals surface area contributed by atoms with Crippen molar-refractivity contribution in [1.82, 2.24) is 10.6 Å². The van der Waals surface area contributed by atoms with Gasteiger partial charge in [0.05, 0.1) is 0 Å². The molecule has 2 atom stereocenters. The van der Waals surface area contributed by atoms with Gasteiger partial charge in [-0.05, 0) is 6.42 Å². The van der Waals surface area contributed by atoms with E-state index in [0.29, 0.717) is 5.69 Å². The maximum atomic E-state index is 12.2. The predicted octanol–water partition coefficient (Wildman–Crippen LogP) is -3.91. The molecular weight excluding hydrogens is 539 g/mol. The van der Waals surface area contributed by atoms with E-state index in [-0.39, 0.29) is 28.7 Å². The van der Waals surface area contributed by atoms with E-state index in [1.807, 2.05) is 0 Å². The fraction of sp³-hybridized carbons (Fsp3) is 0.389. The van der Waals surface area contributed by atoms with Crippen molar-refractivity contribution in [2.24, 2.45) is 5.73 Å². The van der Waals surface area contributed by atoms with Gasteiger partial charge < -0.3 is 15.9 Å². The molecule has 1 rings (SSSR count).